The van der Waals surface area contributed by atoms with Crippen LogP contribution in [0.15, 0.2) is 35.4 Å². The molecule has 2 N–H and O–H groups in total. The summed E-state index contributed by atoms with van der Waals surface area (Å²) in [7, 11) is 0. The number of rotatable bonds is 3. The van der Waals surface area contributed by atoms with Crippen molar-refractivity contribution in [2.24, 2.45) is 5.10 Å². The first kappa shape index (κ1) is 19.7. The zero-order chi connectivity index (χ0) is 21.1. The summed E-state index contributed by atoms with van der Waals surface area (Å²) in [6, 6.07) is 9.43. The molecular weight excluding hydrogens is 390 g/mol. The Bertz CT molecular complexity index is 982. The Hall–Kier alpha value is -2.30. The standard InChI is InChI=1S/C21H25N3O6/c1-19(2)27-15-10-26-18-21(16(15)28-19,30-20(3,4)29-18)11-22-24-17(25)14-9-12-7-5-6-8-13(12)23-14/h5-9,11,15-16,18,23H,10H2,1-4H3,(H,24,25)/b22-11+/t15-,16-,18+,21-/m1/s1. The number of para-hydroxylation sites is 1. The van der Waals surface area contributed by atoms with E-state index in [1.807, 2.05) is 38.1 Å². The van der Waals surface area contributed by atoms with Gasteiger partial charge in [0.1, 0.15) is 17.9 Å². The van der Waals surface area contributed by atoms with Crippen molar-refractivity contribution in [2.75, 3.05) is 6.61 Å². The van der Waals surface area contributed by atoms with Gasteiger partial charge in [0.05, 0.1) is 12.8 Å². The van der Waals surface area contributed by atoms with Crippen LogP contribution in [0, 0.1) is 0 Å². The summed E-state index contributed by atoms with van der Waals surface area (Å²) < 4.78 is 30.1. The summed E-state index contributed by atoms with van der Waals surface area (Å²) >= 11 is 0. The highest BCUT2D eigenvalue weighted by molar-refractivity contribution is 5.98. The zero-order valence-corrected chi connectivity index (χ0v) is 17.3. The Morgan fingerprint density at radius 3 is 2.77 bits per heavy atom. The van der Waals surface area contributed by atoms with Crippen LogP contribution in [0.25, 0.3) is 10.9 Å². The second-order valence-corrected chi connectivity index (χ2v) is 8.70. The normalized spacial score (nSPS) is 34.2. The third-order valence-electron chi connectivity index (χ3n) is 5.43. The van der Waals surface area contributed by atoms with Crippen LogP contribution in [0.4, 0.5) is 0 Å². The van der Waals surface area contributed by atoms with E-state index in [9.17, 15) is 4.79 Å². The average molecular weight is 415 g/mol. The number of amides is 1. The van der Waals surface area contributed by atoms with E-state index in [0.717, 1.165) is 10.9 Å². The van der Waals surface area contributed by atoms with Crippen molar-refractivity contribution < 1.29 is 28.5 Å². The van der Waals surface area contributed by atoms with Crippen LogP contribution in [0.3, 0.4) is 0 Å². The maximum absolute atomic E-state index is 12.6. The Kier molecular flexibility index (Phi) is 4.32. The van der Waals surface area contributed by atoms with Gasteiger partial charge in [-0.05, 0) is 39.8 Å². The number of hydrogen-bond acceptors (Lipinski definition) is 7. The molecule has 0 aliphatic carbocycles. The second-order valence-electron chi connectivity index (χ2n) is 8.70. The van der Waals surface area contributed by atoms with Gasteiger partial charge >= 0.3 is 0 Å². The predicted molar refractivity (Wildman–Crippen MR) is 107 cm³/mol. The number of aromatic nitrogens is 1. The van der Waals surface area contributed by atoms with Crippen LogP contribution in [0.2, 0.25) is 0 Å². The molecule has 0 spiro atoms. The van der Waals surface area contributed by atoms with Crippen molar-refractivity contribution in [1.82, 2.24) is 10.4 Å². The minimum Gasteiger partial charge on any atom is -0.350 e. The molecule has 1 aromatic carbocycles. The van der Waals surface area contributed by atoms with Crippen LogP contribution in [-0.2, 0) is 23.7 Å². The monoisotopic (exact) mass is 415 g/mol. The first-order chi connectivity index (χ1) is 14.2. The van der Waals surface area contributed by atoms with E-state index >= 15 is 0 Å². The number of fused-ring (bicyclic) bond motifs is 4. The maximum atomic E-state index is 12.6. The first-order valence-electron chi connectivity index (χ1n) is 9.95. The third kappa shape index (κ3) is 3.23. The lowest BCUT2D eigenvalue weighted by Crippen LogP contribution is -2.62. The summed E-state index contributed by atoms with van der Waals surface area (Å²) in [6.45, 7) is 7.58. The highest BCUT2D eigenvalue weighted by Gasteiger charge is 2.66. The highest BCUT2D eigenvalue weighted by atomic mass is 16.9. The molecule has 3 saturated heterocycles. The minimum atomic E-state index is -1.16. The van der Waals surface area contributed by atoms with Gasteiger partial charge in [-0.15, -0.1) is 0 Å². The van der Waals surface area contributed by atoms with Crippen molar-refractivity contribution in [1.29, 1.82) is 0 Å². The Balaban J connectivity index is 1.40. The van der Waals surface area contributed by atoms with E-state index in [4.69, 9.17) is 23.7 Å². The third-order valence-corrected chi connectivity index (χ3v) is 5.43. The number of H-pyrrole nitrogens is 1. The molecule has 2 aromatic rings. The number of benzene rings is 1. The number of aromatic amines is 1. The SMILES string of the molecule is CC1(C)O[C@@H]2[C@@H](CO[C@H]3OC(C)(C)O[C@@]32/C=N/NC(=O)c2cc3ccccc3[nH]2)O1. The predicted octanol–water partition coefficient (Wildman–Crippen LogP) is 2.28. The van der Waals surface area contributed by atoms with Gasteiger partial charge in [-0.1, -0.05) is 18.2 Å². The van der Waals surface area contributed by atoms with Crippen molar-refractivity contribution in [3.05, 3.63) is 36.0 Å². The molecule has 3 aliphatic rings. The smallest absolute Gasteiger partial charge is 0.287 e. The molecule has 1 amide bonds. The second kappa shape index (κ2) is 6.60. The van der Waals surface area contributed by atoms with Crippen molar-refractivity contribution in [3.63, 3.8) is 0 Å². The van der Waals surface area contributed by atoms with Crippen LogP contribution in [0.5, 0.6) is 0 Å². The van der Waals surface area contributed by atoms with Crippen molar-refractivity contribution >= 4 is 23.0 Å². The summed E-state index contributed by atoms with van der Waals surface area (Å²) in [4.78, 5) is 15.7. The number of carbonyl (C=O) groups excluding carboxylic acids is 1. The van der Waals surface area contributed by atoms with Crippen LogP contribution in [-0.4, -0.2) is 59.4 Å². The molecule has 0 unspecified atom stereocenters. The number of hydrazone groups is 1. The molecule has 0 bridgehead atoms. The lowest BCUT2D eigenvalue weighted by molar-refractivity contribution is -0.208. The van der Waals surface area contributed by atoms with E-state index < -0.39 is 29.6 Å². The molecule has 4 heterocycles. The Labute approximate surface area is 173 Å². The molecule has 0 radical (unpaired) electrons. The van der Waals surface area contributed by atoms with Crippen molar-refractivity contribution in [2.45, 2.75) is 63.4 Å². The quantitative estimate of drug-likeness (QED) is 0.589. The molecule has 9 nitrogen and oxygen atoms in total. The molecule has 9 heteroatoms. The molecular formula is C21H25N3O6. The summed E-state index contributed by atoms with van der Waals surface area (Å²) in [6.07, 6.45) is -0.0829. The number of ether oxygens (including phenoxy) is 5. The summed E-state index contributed by atoms with van der Waals surface area (Å²) in [5.74, 6) is -2.08. The van der Waals surface area contributed by atoms with Crippen LogP contribution in [0.1, 0.15) is 38.2 Å². The molecule has 5 rings (SSSR count). The lowest BCUT2D eigenvalue weighted by atomic mass is 9.91. The topological polar surface area (TPSA) is 103 Å². The van der Waals surface area contributed by atoms with Crippen LogP contribution >= 0.6 is 0 Å². The number of nitrogens with zero attached hydrogens (tertiary/aromatic N) is 1. The minimum absolute atomic E-state index is 0.315. The molecule has 160 valence electrons. The van der Waals surface area contributed by atoms with Crippen LogP contribution < -0.4 is 5.43 Å². The first-order valence-corrected chi connectivity index (χ1v) is 9.95. The number of hydrogen-bond donors (Lipinski definition) is 2. The molecule has 30 heavy (non-hydrogen) atoms. The number of nitrogens with one attached hydrogen (secondary N) is 2. The summed E-state index contributed by atoms with van der Waals surface area (Å²) in [5, 5.41) is 5.13. The van der Waals surface area contributed by atoms with Gasteiger partial charge in [0, 0.05) is 10.9 Å². The molecule has 1 aromatic heterocycles. The van der Waals surface area contributed by atoms with Gasteiger partial charge < -0.3 is 28.7 Å². The lowest BCUT2D eigenvalue weighted by Gasteiger charge is -2.39. The van der Waals surface area contributed by atoms with Gasteiger partial charge in [-0.3, -0.25) is 4.79 Å². The summed E-state index contributed by atoms with van der Waals surface area (Å²) in [5.41, 5.74) is 2.68. The fourth-order valence-corrected chi connectivity index (χ4v) is 4.33. The fourth-order valence-electron chi connectivity index (χ4n) is 4.33. The van der Waals surface area contributed by atoms with Gasteiger partial charge in [0.15, 0.2) is 23.5 Å². The number of carbonyl (C=O) groups is 1. The van der Waals surface area contributed by atoms with E-state index in [0.29, 0.717) is 12.3 Å². The Morgan fingerprint density at radius 1 is 1.17 bits per heavy atom. The zero-order valence-electron chi connectivity index (χ0n) is 17.3. The average Bonchev–Trinajstić information content (AvgIpc) is 3.31. The molecule has 0 saturated carbocycles. The van der Waals surface area contributed by atoms with E-state index in [1.54, 1.807) is 19.9 Å². The largest absolute Gasteiger partial charge is 0.350 e. The molecule has 3 aliphatic heterocycles. The molecule has 4 atom stereocenters. The van der Waals surface area contributed by atoms with Gasteiger partial charge in [-0.25, -0.2) is 5.43 Å². The van der Waals surface area contributed by atoms with E-state index in [1.165, 1.54) is 6.21 Å². The van der Waals surface area contributed by atoms with Crippen molar-refractivity contribution in [3.8, 4) is 0 Å². The van der Waals surface area contributed by atoms with E-state index in [-0.39, 0.29) is 12.0 Å². The van der Waals surface area contributed by atoms with Gasteiger partial charge in [-0.2, -0.15) is 5.10 Å². The maximum Gasteiger partial charge on any atom is 0.287 e. The van der Waals surface area contributed by atoms with Gasteiger partial charge in [0.2, 0.25) is 0 Å². The van der Waals surface area contributed by atoms with Gasteiger partial charge in [0.25, 0.3) is 5.91 Å². The Morgan fingerprint density at radius 2 is 1.97 bits per heavy atom. The van der Waals surface area contributed by atoms with E-state index in [2.05, 4.69) is 15.5 Å². The highest BCUT2D eigenvalue weighted by Crippen LogP contribution is 2.47. The fraction of sp³-hybridized carbons (Fsp3) is 0.524. The molecule has 3 fully saturated rings.